The molecule has 30 heavy (non-hydrogen) atoms. The van der Waals surface area contributed by atoms with E-state index in [1.165, 1.54) is 0 Å². The molecule has 9 heteroatoms. The number of carbonyl (C=O) groups is 1. The van der Waals surface area contributed by atoms with Gasteiger partial charge in [-0.2, -0.15) is 9.97 Å². The molecule has 2 saturated heterocycles. The summed E-state index contributed by atoms with van der Waals surface area (Å²) in [7, 11) is 0. The van der Waals surface area contributed by atoms with Crippen LogP contribution in [0.25, 0.3) is 17.2 Å². The van der Waals surface area contributed by atoms with Crippen LogP contribution in [0, 0.1) is 11.3 Å². The molecule has 0 bridgehead atoms. The fourth-order valence-electron chi connectivity index (χ4n) is 4.63. The predicted octanol–water partition coefficient (Wildman–Crippen LogP) is 0.906. The second-order valence-electron chi connectivity index (χ2n) is 8.07. The number of aliphatic hydroxyl groups is 1. The summed E-state index contributed by atoms with van der Waals surface area (Å²) in [6.07, 6.45) is 5.01. The van der Waals surface area contributed by atoms with Crippen LogP contribution in [0.2, 0.25) is 0 Å². The lowest BCUT2D eigenvalue weighted by Crippen LogP contribution is -2.38. The van der Waals surface area contributed by atoms with E-state index in [9.17, 15) is 9.90 Å². The van der Waals surface area contributed by atoms with Gasteiger partial charge in [-0.05, 0) is 11.6 Å². The molecule has 2 aliphatic rings. The molecule has 5 rings (SSSR count). The molecule has 0 aliphatic carbocycles. The van der Waals surface area contributed by atoms with Crippen LogP contribution >= 0.6 is 0 Å². The molecule has 1 amide bonds. The second kappa shape index (κ2) is 7.10. The highest BCUT2D eigenvalue weighted by molar-refractivity contribution is 5.92. The van der Waals surface area contributed by atoms with Gasteiger partial charge in [-0.3, -0.25) is 4.79 Å². The van der Waals surface area contributed by atoms with Crippen LogP contribution in [-0.4, -0.2) is 68.6 Å². The number of nitrogens with one attached hydrogen (secondary N) is 1. The van der Waals surface area contributed by atoms with Gasteiger partial charge in [-0.1, -0.05) is 30.3 Å². The summed E-state index contributed by atoms with van der Waals surface area (Å²) in [4.78, 5) is 32.5. The lowest BCUT2D eigenvalue weighted by atomic mass is 9.82. The van der Waals surface area contributed by atoms with Crippen LogP contribution in [0.3, 0.4) is 0 Å². The number of anilines is 2. The van der Waals surface area contributed by atoms with Gasteiger partial charge >= 0.3 is 0 Å². The smallest absolute Gasteiger partial charge is 0.246 e. The van der Waals surface area contributed by atoms with Gasteiger partial charge in [0.15, 0.2) is 11.5 Å². The number of hydrogen-bond acceptors (Lipinski definition) is 7. The quantitative estimate of drug-likeness (QED) is 0.551. The molecule has 2 atom stereocenters. The van der Waals surface area contributed by atoms with Crippen LogP contribution in [-0.2, 0) is 4.79 Å². The van der Waals surface area contributed by atoms with E-state index >= 15 is 0 Å². The normalized spacial score (nSPS) is 23.6. The van der Waals surface area contributed by atoms with Crippen molar-refractivity contribution in [3.63, 3.8) is 0 Å². The Morgan fingerprint density at radius 2 is 2.10 bits per heavy atom. The zero-order valence-corrected chi connectivity index (χ0v) is 16.4. The summed E-state index contributed by atoms with van der Waals surface area (Å²) in [6, 6.07) is 9.74. The highest BCUT2D eigenvalue weighted by Gasteiger charge is 2.53. The SMILES string of the molecule is Nc1nc(N2C[C@H]3CN(C(=O)/C=C/c4ccccc4)C[C@@]3(CO)C2)c2[nH]cnc2n1. The Labute approximate surface area is 173 Å². The Balaban J connectivity index is 1.34. The minimum absolute atomic E-state index is 0.00698. The van der Waals surface area contributed by atoms with E-state index in [4.69, 9.17) is 5.73 Å². The molecule has 4 N–H and O–H groups in total. The summed E-state index contributed by atoms with van der Waals surface area (Å²) in [6.45, 7) is 2.38. The highest BCUT2D eigenvalue weighted by atomic mass is 16.3. The molecule has 154 valence electrons. The molecule has 0 saturated carbocycles. The van der Waals surface area contributed by atoms with E-state index in [0.29, 0.717) is 37.6 Å². The molecule has 2 fully saturated rings. The van der Waals surface area contributed by atoms with Gasteiger partial charge in [0, 0.05) is 43.6 Å². The first-order valence-corrected chi connectivity index (χ1v) is 9.92. The van der Waals surface area contributed by atoms with Crippen molar-refractivity contribution in [2.75, 3.05) is 43.4 Å². The Hall–Kier alpha value is -3.46. The third-order valence-corrected chi connectivity index (χ3v) is 6.19. The van der Waals surface area contributed by atoms with Crippen molar-refractivity contribution in [2.24, 2.45) is 11.3 Å². The van der Waals surface area contributed by atoms with Crippen molar-refractivity contribution in [2.45, 2.75) is 0 Å². The zero-order chi connectivity index (χ0) is 20.7. The lowest BCUT2D eigenvalue weighted by Gasteiger charge is -2.27. The number of amides is 1. The molecule has 0 spiro atoms. The maximum absolute atomic E-state index is 12.7. The average Bonchev–Trinajstić information content (AvgIpc) is 3.44. The number of aromatic amines is 1. The minimum atomic E-state index is -0.387. The Morgan fingerprint density at radius 1 is 1.27 bits per heavy atom. The van der Waals surface area contributed by atoms with E-state index in [2.05, 4.69) is 24.8 Å². The largest absolute Gasteiger partial charge is 0.396 e. The number of hydrogen-bond donors (Lipinski definition) is 3. The van der Waals surface area contributed by atoms with Gasteiger partial charge in [0.05, 0.1) is 12.9 Å². The van der Waals surface area contributed by atoms with Gasteiger partial charge in [0.1, 0.15) is 5.52 Å². The van der Waals surface area contributed by atoms with Gasteiger partial charge < -0.3 is 25.6 Å². The van der Waals surface area contributed by atoms with E-state index in [1.54, 1.807) is 12.4 Å². The van der Waals surface area contributed by atoms with Crippen molar-refractivity contribution in [1.29, 1.82) is 0 Å². The number of H-pyrrole nitrogens is 1. The second-order valence-corrected chi connectivity index (χ2v) is 8.07. The molecular weight excluding hydrogens is 382 g/mol. The van der Waals surface area contributed by atoms with E-state index in [0.717, 1.165) is 11.1 Å². The first-order valence-electron chi connectivity index (χ1n) is 9.92. The molecular formula is C21H23N7O2. The van der Waals surface area contributed by atoms with Crippen molar-refractivity contribution in [1.82, 2.24) is 24.8 Å². The van der Waals surface area contributed by atoms with Crippen LogP contribution < -0.4 is 10.6 Å². The fraction of sp³-hybridized carbons (Fsp3) is 0.333. The first kappa shape index (κ1) is 18.6. The molecule has 0 unspecified atom stereocenters. The number of rotatable bonds is 4. The van der Waals surface area contributed by atoms with Crippen LogP contribution in [0.1, 0.15) is 5.56 Å². The number of carbonyl (C=O) groups excluding carboxylic acids is 1. The molecule has 2 aromatic heterocycles. The number of aromatic nitrogens is 4. The predicted molar refractivity (Wildman–Crippen MR) is 113 cm³/mol. The summed E-state index contributed by atoms with van der Waals surface area (Å²) < 4.78 is 0. The van der Waals surface area contributed by atoms with Crippen LogP contribution in [0.5, 0.6) is 0 Å². The summed E-state index contributed by atoms with van der Waals surface area (Å²) in [5.41, 5.74) is 7.72. The summed E-state index contributed by atoms with van der Waals surface area (Å²) in [5.74, 6) is 0.974. The van der Waals surface area contributed by atoms with E-state index < -0.39 is 0 Å². The van der Waals surface area contributed by atoms with E-state index in [1.807, 2.05) is 41.3 Å². The van der Waals surface area contributed by atoms with Crippen molar-refractivity contribution in [3.05, 3.63) is 48.3 Å². The number of benzene rings is 1. The fourth-order valence-corrected chi connectivity index (χ4v) is 4.63. The number of nitrogen functional groups attached to an aromatic ring is 1. The molecule has 1 aromatic carbocycles. The van der Waals surface area contributed by atoms with Gasteiger partial charge in [-0.15, -0.1) is 0 Å². The highest BCUT2D eigenvalue weighted by Crippen LogP contribution is 2.44. The molecule has 2 aliphatic heterocycles. The van der Waals surface area contributed by atoms with Crippen LogP contribution in [0.4, 0.5) is 11.8 Å². The van der Waals surface area contributed by atoms with Crippen LogP contribution in [0.15, 0.2) is 42.7 Å². The van der Waals surface area contributed by atoms with E-state index in [-0.39, 0.29) is 29.8 Å². The monoisotopic (exact) mass is 405 g/mol. The Kier molecular flexibility index (Phi) is 4.39. The van der Waals surface area contributed by atoms with Gasteiger partial charge in [0.25, 0.3) is 0 Å². The number of aliphatic hydroxyl groups excluding tert-OH is 1. The molecule has 0 radical (unpaired) electrons. The third-order valence-electron chi connectivity index (χ3n) is 6.19. The topological polar surface area (TPSA) is 124 Å². The molecule has 4 heterocycles. The number of fused-ring (bicyclic) bond motifs is 2. The van der Waals surface area contributed by atoms with Gasteiger partial charge in [-0.25, -0.2) is 4.98 Å². The minimum Gasteiger partial charge on any atom is -0.396 e. The lowest BCUT2D eigenvalue weighted by molar-refractivity contribution is -0.125. The average molecular weight is 405 g/mol. The van der Waals surface area contributed by atoms with Crippen molar-refractivity contribution in [3.8, 4) is 0 Å². The first-order chi connectivity index (χ1) is 14.6. The maximum Gasteiger partial charge on any atom is 0.246 e. The summed E-state index contributed by atoms with van der Waals surface area (Å²) >= 11 is 0. The van der Waals surface area contributed by atoms with Crippen molar-refractivity contribution < 1.29 is 9.90 Å². The Morgan fingerprint density at radius 3 is 2.87 bits per heavy atom. The van der Waals surface area contributed by atoms with Gasteiger partial charge in [0.2, 0.25) is 11.9 Å². The number of nitrogens with zero attached hydrogens (tertiary/aromatic N) is 5. The molecule has 3 aromatic rings. The number of likely N-dealkylation sites (tertiary alicyclic amines) is 1. The zero-order valence-electron chi connectivity index (χ0n) is 16.4. The van der Waals surface area contributed by atoms with Crippen molar-refractivity contribution >= 4 is 34.9 Å². The Bertz CT molecular complexity index is 1110. The standard InChI is InChI=1S/C21H23N7O2/c22-20-25-18-17(23-13-24-18)19(26-20)28-9-15-8-27(10-21(15,11-28)12-29)16(30)7-6-14-4-2-1-3-5-14/h1-7,13,15,29H,8-12H2,(H3,22,23,24,25,26)/b7-6+/t15-,21+/m1/s1. The maximum atomic E-state index is 12.7. The third kappa shape index (κ3) is 3.07. The summed E-state index contributed by atoms with van der Waals surface area (Å²) in [5, 5.41) is 10.3. The number of imidazole rings is 1. The molecule has 9 nitrogen and oxygen atoms in total. The number of nitrogens with two attached hydrogens (primary N) is 1.